The molecule has 1 saturated heterocycles. The van der Waals surface area contributed by atoms with Crippen molar-refractivity contribution in [2.24, 2.45) is 7.05 Å². The number of nitrogens with two attached hydrogens (primary N) is 1. The highest BCUT2D eigenvalue weighted by Crippen LogP contribution is 2.37. The summed E-state index contributed by atoms with van der Waals surface area (Å²) in [6.45, 7) is 1.78. The molecule has 0 radical (unpaired) electrons. The van der Waals surface area contributed by atoms with Gasteiger partial charge in [0.2, 0.25) is 11.8 Å². The zero-order chi connectivity index (χ0) is 16.0. The standard InChI is InChI=1S/C15H15ClN4O2/c1-8-13(14(17)19(2)18-8)11-7-12(21)20(15(11)22)10-5-3-4-9(16)6-10/h3-6,11H,7,17H2,1-2H3/t11-/m0/s1. The molecule has 0 saturated carbocycles. The Balaban J connectivity index is 2.02. The molecule has 1 aromatic heterocycles. The molecule has 7 heteroatoms. The van der Waals surface area contributed by atoms with E-state index in [1.807, 2.05) is 0 Å². The van der Waals surface area contributed by atoms with Crippen molar-refractivity contribution in [3.63, 3.8) is 0 Å². The van der Waals surface area contributed by atoms with Gasteiger partial charge in [0.25, 0.3) is 0 Å². The van der Waals surface area contributed by atoms with Gasteiger partial charge in [0.1, 0.15) is 5.82 Å². The van der Waals surface area contributed by atoms with E-state index in [4.69, 9.17) is 17.3 Å². The summed E-state index contributed by atoms with van der Waals surface area (Å²) in [5.41, 5.74) is 7.77. The fraction of sp³-hybridized carbons (Fsp3) is 0.267. The van der Waals surface area contributed by atoms with Crippen LogP contribution in [0, 0.1) is 6.92 Å². The van der Waals surface area contributed by atoms with Crippen molar-refractivity contribution in [2.45, 2.75) is 19.3 Å². The van der Waals surface area contributed by atoms with Crippen LogP contribution >= 0.6 is 11.6 Å². The molecular weight excluding hydrogens is 304 g/mol. The summed E-state index contributed by atoms with van der Waals surface area (Å²) in [5.74, 6) is -0.744. The third-order valence-electron chi connectivity index (χ3n) is 3.88. The SMILES string of the molecule is Cc1nn(C)c(N)c1[C@@H]1CC(=O)N(c2cccc(Cl)c2)C1=O. The molecule has 2 amide bonds. The second-order valence-electron chi connectivity index (χ2n) is 5.31. The van der Waals surface area contributed by atoms with Gasteiger partial charge in [-0.1, -0.05) is 17.7 Å². The maximum absolute atomic E-state index is 12.7. The summed E-state index contributed by atoms with van der Waals surface area (Å²) in [5, 5.41) is 4.69. The third-order valence-corrected chi connectivity index (χ3v) is 4.11. The third kappa shape index (κ3) is 2.16. The van der Waals surface area contributed by atoms with Crippen molar-refractivity contribution in [1.29, 1.82) is 0 Å². The smallest absolute Gasteiger partial charge is 0.242 e. The first-order valence-electron chi connectivity index (χ1n) is 6.81. The van der Waals surface area contributed by atoms with Gasteiger partial charge in [-0.2, -0.15) is 5.10 Å². The molecule has 2 aromatic rings. The van der Waals surface area contributed by atoms with Crippen molar-refractivity contribution >= 4 is 34.9 Å². The lowest BCUT2D eigenvalue weighted by Crippen LogP contribution is -2.30. The number of hydrogen-bond acceptors (Lipinski definition) is 4. The number of amides is 2. The zero-order valence-electron chi connectivity index (χ0n) is 12.2. The van der Waals surface area contributed by atoms with Crippen LogP contribution in [0.2, 0.25) is 5.02 Å². The number of anilines is 2. The number of aryl methyl sites for hydroxylation is 2. The fourth-order valence-corrected chi connectivity index (χ4v) is 3.05. The van der Waals surface area contributed by atoms with Crippen molar-refractivity contribution in [1.82, 2.24) is 9.78 Å². The molecule has 114 valence electrons. The van der Waals surface area contributed by atoms with Crippen molar-refractivity contribution in [3.05, 3.63) is 40.5 Å². The Morgan fingerprint density at radius 2 is 2.09 bits per heavy atom. The lowest BCUT2D eigenvalue weighted by atomic mass is 9.97. The molecule has 1 atom stereocenters. The van der Waals surface area contributed by atoms with E-state index in [9.17, 15) is 9.59 Å². The van der Waals surface area contributed by atoms with Crippen LogP contribution in [0.1, 0.15) is 23.6 Å². The van der Waals surface area contributed by atoms with E-state index in [2.05, 4.69) is 5.10 Å². The number of imide groups is 1. The maximum atomic E-state index is 12.7. The van der Waals surface area contributed by atoms with Crippen LogP contribution < -0.4 is 10.6 Å². The van der Waals surface area contributed by atoms with E-state index < -0.39 is 5.92 Å². The van der Waals surface area contributed by atoms with Gasteiger partial charge < -0.3 is 5.73 Å². The molecule has 1 aliphatic rings. The lowest BCUT2D eigenvalue weighted by molar-refractivity contribution is -0.121. The molecule has 0 spiro atoms. The van der Waals surface area contributed by atoms with Gasteiger partial charge in [-0.15, -0.1) is 0 Å². The largest absolute Gasteiger partial charge is 0.384 e. The highest BCUT2D eigenvalue weighted by atomic mass is 35.5. The minimum absolute atomic E-state index is 0.0854. The number of halogens is 1. The van der Waals surface area contributed by atoms with Gasteiger partial charge in [0.05, 0.1) is 17.3 Å². The molecule has 6 nitrogen and oxygen atoms in total. The van der Waals surface area contributed by atoms with Gasteiger partial charge in [0.15, 0.2) is 0 Å². The first kappa shape index (κ1) is 14.6. The second kappa shape index (κ2) is 5.14. The van der Waals surface area contributed by atoms with Crippen LogP contribution in [0.25, 0.3) is 0 Å². The number of carbonyl (C=O) groups is 2. The summed E-state index contributed by atoms with van der Waals surface area (Å²) >= 11 is 5.94. The van der Waals surface area contributed by atoms with Crippen molar-refractivity contribution in [2.75, 3.05) is 10.6 Å². The molecule has 1 fully saturated rings. The van der Waals surface area contributed by atoms with Gasteiger partial charge in [-0.3, -0.25) is 14.3 Å². The number of hydrogen-bond donors (Lipinski definition) is 1. The number of carbonyl (C=O) groups excluding carboxylic acids is 2. The molecule has 0 bridgehead atoms. The van der Waals surface area contributed by atoms with Crippen LogP contribution in [-0.4, -0.2) is 21.6 Å². The predicted octanol–water partition coefficient (Wildman–Crippen LogP) is 2.01. The van der Waals surface area contributed by atoms with E-state index in [-0.39, 0.29) is 18.2 Å². The van der Waals surface area contributed by atoms with E-state index in [1.165, 1.54) is 9.58 Å². The topological polar surface area (TPSA) is 81.2 Å². The summed E-state index contributed by atoms with van der Waals surface area (Å²) in [6.07, 6.45) is 0.0854. The van der Waals surface area contributed by atoms with Crippen LogP contribution in [0.3, 0.4) is 0 Å². The summed E-state index contributed by atoms with van der Waals surface area (Å²) in [4.78, 5) is 26.2. The monoisotopic (exact) mass is 318 g/mol. The van der Waals surface area contributed by atoms with Crippen molar-refractivity contribution < 1.29 is 9.59 Å². The lowest BCUT2D eigenvalue weighted by Gasteiger charge is -2.15. The molecule has 2 heterocycles. The molecule has 1 aromatic carbocycles. The highest BCUT2D eigenvalue weighted by molar-refractivity contribution is 6.31. The van der Waals surface area contributed by atoms with Gasteiger partial charge in [0, 0.05) is 24.1 Å². The van der Waals surface area contributed by atoms with Gasteiger partial charge in [-0.25, -0.2) is 4.90 Å². The van der Waals surface area contributed by atoms with Crippen LogP contribution in [0.4, 0.5) is 11.5 Å². The minimum atomic E-state index is -0.597. The van der Waals surface area contributed by atoms with E-state index in [0.717, 1.165) is 0 Å². The Kier molecular flexibility index (Phi) is 3.41. The van der Waals surface area contributed by atoms with E-state index >= 15 is 0 Å². The van der Waals surface area contributed by atoms with Gasteiger partial charge in [-0.05, 0) is 25.1 Å². The number of nitrogen functional groups attached to an aromatic ring is 1. The van der Waals surface area contributed by atoms with Crippen LogP contribution in [0.15, 0.2) is 24.3 Å². The molecule has 22 heavy (non-hydrogen) atoms. The van der Waals surface area contributed by atoms with Crippen molar-refractivity contribution in [3.8, 4) is 0 Å². The molecular formula is C15H15ClN4O2. The van der Waals surface area contributed by atoms with Crippen LogP contribution in [-0.2, 0) is 16.6 Å². The Morgan fingerprint density at radius 1 is 1.36 bits per heavy atom. The molecule has 1 aliphatic heterocycles. The maximum Gasteiger partial charge on any atom is 0.242 e. The molecule has 0 aliphatic carbocycles. The Hall–Kier alpha value is -2.34. The molecule has 0 unspecified atom stereocenters. The number of benzene rings is 1. The fourth-order valence-electron chi connectivity index (χ4n) is 2.87. The summed E-state index contributed by atoms with van der Waals surface area (Å²) < 4.78 is 1.52. The quantitative estimate of drug-likeness (QED) is 0.859. The first-order chi connectivity index (χ1) is 10.4. The predicted molar refractivity (Wildman–Crippen MR) is 83.7 cm³/mol. The number of aromatic nitrogens is 2. The number of nitrogens with zero attached hydrogens (tertiary/aromatic N) is 3. The van der Waals surface area contributed by atoms with E-state index in [0.29, 0.717) is 27.8 Å². The average Bonchev–Trinajstić information content (AvgIpc) is 2.86. The number of rotatable bonds is 2. The van der Waals surface area contributed by atoms with E-state index in [1.54, 1.807) is 38.2 Å². The summed E-state index contributed by atoms with van der Waals surface area (Å²) in [6, 6.07) is 6.68. The zero-order valence-corrected chi connectivity index (χ0v) is 13.0. The van der Waals surface area contributed by atoms with Crippen LogP contribution in [0.5, 0.6) is 0 Å². The molecule has 2 N–H and O–H groups in total. The minimum Gasteiger partial charge on any atom is -0.384 e. The van der Waals surface area contributed by atoms with Gasteiger partial charge >= 0.3 is 0 Å². The second-order valence-corrected chi connectivity index (χ2v) is 5.75. The normalized spacial score (nSPS) is 18.3. The molecule has 3 rings (SSSR count). The Morgan fingerprint density at radius 3 is 2.68 bits per heavy atom. The Bertz CT molecular complexity index is 784. The highest BCUT2D eigenvalue weighted by Gasteiger charge is 2.42. The Labute approximate surface area is 132 Å². The first-order valence-corrected chi connectivity index (χ1v) is 7.19. The average molecular weight is 319 g/mol. The summed E-state index contributed by atoms with van der Waals surface area (Å²) in [7, 11) is 1.71.